The maximum Gasteiger partial charge on any atom is 0.133 e. The van der Waals surface area contributed by atoms with Crippen molar-refractivity contribution in [3.8, 4) is 0 Å². The number of fused-ring (bicyclic) bond motifs is 1. The Kier molecular flexibility index (Phi) is 3.94. The molecule has 2 unspecified atom stereocenters. The summed E-state index contributed by atoms with van der Waals surface area (Å²) in [6, 6.07) is 2.25. The van der Waals surface area contributed by atoms with Gasteiger partial charge < -0.3 is 15.7 Å². The standard InChI is InChI=1S/C16H25N3O/c1-11-6-7-19(10-15(11)20)16-13(9-17)8-12-4-2-3-5-14(12)18-16/h8,11,15,20H,2-7,9-10,17H2,1H3. The molecule has 2 atom stereocenters. The highest BCUT2D eigenvalue weighted by molar-refractivity contribution is 5.51. The molecular formula is C16H25N3O. The average molecular weight is 275 g/mol. The zero-order valence-electron chi connectivity index (χ0n) is 12.3. The number of nitrogens with two attached hydrogens (primary N) is 1. The van der Waals surface area contributed by atoms with Crippen LogP contribution in [-0.2, 0) is 19.4 Å². The summed E-state index contributed by atoms with van der Waals surface area (Å²) in [5.74, 6) is 1.39. The number of pyridine rings is 1. The highest BCUT2D eigenvalue weighted by Crippen LogP contribution is 2.29. The minimum absolute atomic E-state index is 0.257. The van der Waals surface area contributed by atoms with Crippen molar-refractivity contribution in [3.63, 3.8) is 0 Å². The van der Waals surface area contributed by atoms with Crippen LogP contribution in [0.2, 0.25) is 0 Å². The molecule has 1 fully saturated rings. The van der Waals surface area contributed by atoms with Crippen molar-refractivity contribution < 1.29 is 5.11 Å². The molecule has 1 aromatic heterocycles. The van der Waals surface area contributed by atoms with E-state index < -0.39 is 0 Å². The van der Waals surface area contributed by atoms with Gasteiger partial charge in [-0.2, -0.15) is 0 Å². The smallest absolute Gasteiger partial charge is 0.133 e. The quantitative estimate of drug-likeness (QED) is 0.861. The Labute approximate surface area is 121 Å². The summed E-state index contributed by atoms with van der Waals surface area (Å²) in [5.41, 5.74) is 9.68. The largest absolute Gasteiger partial charge is 0.391 e. The summed E-state index contributed by atoms with van der Waals surface area (Å²) in [4.78, 5) is 7.13. The van der Waals surface area contributed by atoms with Crippen molar-refractivity contribution in [3.05, 3.63) is 22.9 Å². The number of aryl methyl sites for hydroxylation is 2. The van der Waals surface area contributed by atoms with Gasteiger partial charge in [0, 0.05) is 30.9 Å². The molecule has 1 aliphatic carbocycles. The van der Waals surface area contributed by atoms with Crippen LogP contribution in [-0.4, -0.2) is 29.3 Å². The van der Waals surface area contributed by atoms with E-state index in [9.17, 15) is 5.11 Å². The van der Waals surface area contributed by atoms with Crippen LogP contribution in [0.25, 0.3) is 0 Å². The first-order valence-corrected chi connectivity index (χ1v) is 7.83. The van der Waals surface area contributed by atoms with E-state index in [-0.39, 0.29) is 6.10 Å². The molecule has 0 spiro atoms. The third-order valence-corrected chi connectivity index (χ3v) is 4.80. The van der Waals surface area contributed by atoms with Crippen LogP contribution >= 0.6 is 0 Å². The van der Waals surface area contributed by atoms with Gasteiger partial charge in [0.1, 0.15) is 5.82 Å². The van der Waals surface area contributed by atoms with Crippen molar-refractivity contribution in [1.82, 2.24) is 4.98 Å². The topological polar surface area (TPSA) is 62.4 Å². The molecule has 1 aliphatic heterocycles. The van der Waals surface area contributed by atoms with Gasteiger partial charge in [0.25, 0.3) is 0 Å². The fourth-order valence-electron chi connectivity index (χ4n) is 3.34. The fourth-order valence-corrected chi connectivity index (χ4v) is 3.34. The summed E-state index contributed by atoms with van der Waals surface area (Å²) in [7, 11) is 0. The van der Waals surface area contributed by atoms with Gasteiger partial charge in [0.15, 0.2) is 0 Å². The minimum Gasteiger partial charge on any atom is -0.391 e. The van der Waals surface area contributed by atoms with E-state index in [2.05, 4.69) is 17.9 Å². The molecule has 0 amide bonds. The Morgan fingerprint density at radius 1 is 1.40 bits per heavy atom. The summed E-state index contributed by atoms with van der Waals surface area (Å²) >= 11 is 0. The third kappa shape index (κ3) is 2.54. The molecule has 110 valence electrons. The van der Waals surface area contributed by atoms with Crippen LogP contribution in [0.15, 0.2) is 6.07 Å². The van der Waals surface area contributed by atoms with Gasteiger partial charge in [-0.25, -0.2) is 4.98 Å². The second-order valence-electron chi connectivity index (χ2n) is 6.27. The predicted octanol–water partition coefficient (Wildman–Crippen LogP) is 1.63. The Bertz CT molecular complexity index is 489. The normalized spacial score (nSPS) is 26.4. The molecule has 20 heavy (non-hydrogen) atoms. The molecule has 4 nitrogen and oxygen atoms in total. The number of hydrogen-bond acceptors (Lipinski definition) is 4. The number of piperidine rings is 1. The summed E-state index contributed by atoms with van der Waals surface area (Å²) < 4.78 is 0. The number of β-amino-alcohol motifs (C(OH)–C–C–N with tert-alkyl or cyclic N) is 1. The highest BCUT2D eigenvalue weighted by Gasteiger charge is 2.27. The van der Waals surface area contributed by atoms with E-state index in [1.807, 2.05) is 0 Å². The van der Waals surface area contributed by atoms with Crippen molar-refractivity contribution in [2.75, 3.05) is 18.0 Å². The maximum absolute atomic E-state index is 10.1. The second-order valence-corrected chi connectivity index (χ2v) is 6.27. The summed E-state index contributed by atoms with van der Waals surface area (Å²) in [6.45, 7) is 4.29. The minimum atomic E-state index is -0.257. The van der Waals surface area contributed by atoms with Crippen LogP contribution in [0.3, 0.4) is 0 Å². The first kappa shape index (κ1) is 13.8. The SMILES string of the molecule is CC1CCN(c2nc3c(cc2CN)CCCC3)CC1O. The number of nitrogens with zero attached hydrogens (tertiary/aromatic N) is 2. The zero-order valence-corrected chi connectivity index (χ0v) is 12.3. The molecule has 2 heterocycles. The van der Waals surface area contributed by atoms with Gasteiger partial charge in [-0.15, -0.1) is 0 Å². The van der Waals surface area contributed by atoms with E-state index in [0.717, 1.165) is 37.2 Å². The van der Waals surface area contributed by atoms with Crippen LogP contribution in [0, 0.1) is 5.92 Å². The number of rotatable bonds is 2. The fraction of sp³-hybridized carbons (Fsp3) is 0.688. The summed E-state index contributed by atoms with van der Waals surface area (Å²) in [6.07, 6.45) is 5.48. The lowest BCUT2D eigenvalue weighted by Gasteiger charge is -2.36. The van der Waals surface area contributed by atoms with Gasteiger partial charge >= 0.3 is 0 Å². The first-order valence-electron chi connectivity index (χ1n) is 7.83. The van der Waals surface area contributed by atoms with Crippen molar-refractivity contribution in [2.24, 2.45) is 11.7 Å². The average Bonchev–Trinajstić information content (AvgIpc) is 2.48. The van der Waals surface area contributed by atoms with E-state index in [1.54, 1.807) is 0 Å². The highest BCUT2D eigenvalue weighted by atomic mass is 16.3. The summed E-state index contributed by atoms with van der Waals surface area (Å²) in [5, 5.41) is 10.1. The first-order chi connectivity index (χ1) is 9.69. The molecule has 0 saturated carbocycles. The van der Waals surface area contributed by atoms with E-state index in [4.69, 9.17) is 10.7 Å². The van der Waals surface area contributed by atoms with E-state index >= 15 is 0 Å². The molecule has 4 heteroatoms. The lowest BCUT2D eigenvalue weighted by Crippen LogP contribution is -2.44. The van der Waals surface area contributed by atoms with Crippen molar-refractivity contribution >= 4 is 5.82 Å². The van der Waals surface area contributed by atoms with Gasteiger partial charge in [-0.3, -0.25) is 0 Å². The molecular weight excluding hydrogens is 250 g/mol. The lowest BCUT2D eigenvalue weighted by atomic mass is 9.93. The number of aromatic nitrogens is 1. The Hall–Kier alpha value is -1.13. The van der Waals surface area contributed by atoms with Gasteiger partial charge in [-0.1, -0.05) is 6.92 Å². The van der Waals surface area contributed by atoms with Gasteiger partial charge in [-0.05, 0) is 49.7 Å². The second kappa shape index (κ2) is 5.70. The Morgan fingerprint density at radius 2 is 2.20 bits per heavy atom. The monoisotopic (exact) mass is 275 g/mol. The Balaban J connectivity index is 1.91. The molecule has 2 aliphatic rings. The molecule has 3 rings (SSSR count). The lowest BCUT2D eigenvalue weighted by molar-refractivity contribution is 0.102. The molecule has 0 aromatic carbocycles. The van der Waals surface area contributed by atoms with Crippen LogP contribution in [0.5, 0.6) is 0 Å². The maximum atomic E-state index is 10.1. The van der Waals surface area contributed by atoms with E-state index in [1.165, 1.54) is 24.1 Å². The van der Waals surface area contributed by atoms with E-state index in [0.29, 0.717) is 19.0 Å². The van der Waals surface area contributed by atoms with Crippen LogP contribution in [0.1, 0.15) is 43.0 Å². The van der Waals surface area contributed by atoms with Gasteiger partial charge in [0.05, 0.1) is 6.10 Å². The molecule has 0 bridgehead atoms. The number of aliphatic hydroxyl groups excluding tert-OH is 1. The van der Waals surface area contributed by atoms with Crippen LogP contribution in [0.4, 0.5) is 5.82 Å². The van der Waals surface area contributed by atoms with Crippen molar-refractivity contribution in [1.29, 1.82) is 0 Å². The zero-order chi connectivity index (χ0) is 14.1. The number of aliphatic hydroxyl groups is 1. The molecule has 0 radical (unpaired) electrons. The predicted molar refractivity (Wildman–Crippen MR) is 80.8 cm³/mol. The molecule has 3 N–H and O–H groups in total. The third-order valence-electron chi connectivity index (χ3n) is 4.80. The van der Waals surface area contributed by atoms with Crippen LogP contribution < -0.4 is 10.6 Å². The molecule has 1 aromatic rings. The van der Waals surface area contributed by atoms with Crippen molar-refractivity contribution in [2.45, 2.75) is 51.7 Å². The Morgan fingerprint density at radius 3 is 2.95 bits per heavy atom. The van der Waals surface area contributed by atoms with Gasteiger partial charge in [0.2, 0.25) is 0 Å². The number of hydrogen-bond donors (Lipinski definition) is 2. The number of anilines is 1. The molecule has 1 saturated heterocycles.